The monoisotopic (exact) mass is 220 g/mol. The Balaban J connectivity index is 1.76. The van der Waals surface area contributed by atoms with Gasteiger partial charge in [0.2, 0.25) is 5.88 Å². The largest absolute Gasteiger partial charge is 0.478 e. The molecule has 3 nitrogen and oxygen atoms in total. The molecule has 1 aliphatic rings. The standard InChI is InChI=1S/C13H20N2O/c1-2-14-12-7-4-8-13(15-12)16-10-9-11-5-3-6-11/h4,7-8,11H,2-3,5-6,9-10H2,1H3,(H,14,15). The number of hydrogen-bond donors (Lipinski definition) is 1. The lowest BCUT2D eigenvalue weighted by Crippen LogP contribution is -2.14. The molecule has 1 heterocycles. The van der Waals surface area contributed by atoms with Crippen molar-refractivity contribution in [1.82, 2.24) is 4.98 Å². The normalized spacial score (nSPS) is 15.6. The van der Waals surface area contributed by atoms with Crippen LogP contribution in [0.5, 0.6) is 5.88 Å². The van der Waals surface area contributed by atoms with Gasteiger partial charge in [-0.1, -0.05) is 25.3 Å². The maximum atomic E-state index is 5.65. The van der Waals surface area contributed by atoms with Crippen LogP contribution in [0.2, 0.25) is 0 Å². The van der Waals surface area contributed by atoms with Crippen molar-refractivity contribution in [1.29, 1.82) is 0 Å². The third-order valence-electron chi connectivity index (χ3n) is 3.08. The van der Waals surface area contributed by atoms with Gasteiger partial charge in [-0.15, -0.1) is 0 Å². The van der Waals surface area contributed by atoms with Crippen molar-refractivity contribution in [2.45, 2.75) is 32.6 Å². The second-order valence-corrected chi connectivity index (χ2v) is 4.33. The van der Waals surface area contributed by atoms with Crippen LogP contribution in [-0.2, 0) is 0 Å². The molecule has 0 spiro atoms. The first-order chi connectivity index (χ1) is 7.88. The van der Waals surface area contributed by atoms with E-state index in [4.69, 9.17) is 4.74 Å². The zero-order valence-corrected chi connectivity index (χ0v) is 9.91. The molecule has 0 atom stereocenters. The second-order valence-electron chi connectivity index (χ2n) is 4.33. The zero-order chi connectivity index (χ0) is 11.2. The molecule has 1 aromatic heterocycles. The first-order valence-electron chi connectivity index (χ1n) is 6.22. The lowest BCUT2D eigenvalue weighted by molar-refractivity contribution is 0.217. The fraction of sp³-hybridized carbons (Fsp3) is 0.615. The van der Waals surface area contributed by atoms with Gasteiger partial charge in [0.1, 0.15) is 5.82 Å². The zero-order valence-electron chi connectivity index (χ0n) is 9.91. The fourth-order valence-corrected chi connectivity index (χ4v) is 1.89. The van der Waals surface area contributed by atoms with E-state index in [2.05, 4.69) is 17.2 Å². The Morgan fingerprint density at radius 2 is 2.31 bits per heavy atom. The summed E-state index contributed by atoms with van der Waals surface area (Å²) in [6, 6.07) is 5.85. The van der Waals surface area contributed by atoms with E-state index in [-0.39, 0.29) is 0 Å². The average Bonchev–Trinajstić information content (AvgIpc) is 2.23. The van der Waals surface area contributed by atoms with Gasteiger partial charge in [-0.2, -0.15) is 4.98 Å². The first-order valence-corrected chi connectivity index (χ1v) is 6.22. The number of pyridine rings is 1. The quantitative estimate of drug-likeness (QED) is 0.800. The average molecular weight is 220 g/mol. The summed E-state index contributed by atoms with van der Waals surface area (Å²) in [7, 11) is 0. The van der Waals surface area contributed by atoms with Gasteiger partial charge in [0.15, 0.2) is 0 Å². The number of aromatic nitrogens is 1. The highest BCUT2D eigenvalue weighted by molar-refractivity contribution is 5.36. The van der Waals surface area contributed by atoms with Gasteiger partial charge in [0.05, 0.1) is 6.61 Å². The van der Waals surface area contributed by atoms with Crippen molar-refractivity contribution in [3.63, 3.8) is 0 Å². The van der Waals surface area contributed by atoms with Crippen LogP contribution >= 0.6 is 0 Å². The molecular weight excluding hydrogens is 200 g/mol. The maximum absolute atomic E-state index is 5.65. The molecule has 1 N–H and O–H groups in total. The van der Waals surface area contributed by atoms with Crippen molar-refractivity contribution in [3.8, 4) is 5.88 Å². The molecule has 1 saturated carbocycles. The summed E-state index contributed by atoms with van der Waals surface area (Å²) in [6.07, 6.45) is 5.34. The van der Waals surface area contributed by atoms with Crippen LogP contribution in [0.3, 0.4) is 0 Å². The summed E-state index contributed by atoms with van der Waals surface area (Å²) in [6.45, 7) is 3.75. The Bertz CT molecular complexity index is 323. The van der Waals surface area contributed by atoms with Crippen LogP contribution in [-0.4, -0.2) is 18.1 Å². The number of anilines is 1. The van der Waals surface area contributed by atoms with Crippen LogP contribution in [0, 0.1) is 5.92 Å². The summed E-state index contributed by atoms with van der Waals surface area (Å²) in [4.78, 5) is 4.37. The van der Waals surface area contributed by atoms with E-state index in [0.29, 0.717) is 0 Å². The number of rotatable bonds is 6. The summed E-state index contributed by atoms with van der Waals surface area (Å²) in [5.74, 6) is 2.53. The van der Waals surface area contributed by atoms with Crippen molar-refractivity contribution in [2.75, 3.05) is 18.5 Å². The number of nitrogens with one attached hydrogen (secondary N) is 1. The van der Waals surface area contributed by atoms with Crippen molar-refractivity contribution in [2.24, 2.45) is 5.92 Å². The summed E-state index contributed by atoms with van der Waals surface area (Å²) in [5, 5.41) is 3.18. The Morgan fingerprint density at radius 1 is 1.44 bits per heavy atom. The van der Waals surface area contributed by atoms with E-state index >= 15 is 0 Å². The molecule has 0 radical (unpaired) electrons. The Kier molecular flexibility index (Phi) is 4.03. The highest BCUT2D eigenvalue weighted by atomic mass is 16.5. The molecule has 0 aliphatic heterocycles. The van der Waals surface area contributed by atoms with Crippen molar-refractivity contribution >= 4 is 5.82 Å². The van der Waals surface area contributed by atoms with E-state index in [0.717, 1.165) is 30.8 Å². The molecule has 0 saturated heterocycles. The van der Waals surface area contributed by atoms with Gasteiger partial charge < -0.3 is 10.1 Å². The minimum atomic E-state index is 0.734. The fourth-order valence-electron chi connectivity index (χ4n) is 1.89. The van der Waals surface area contributed by atoms with Crippen LogP contribution < -0.4 is 10.1 Å². The van der Waals surface area contributed by atoms with Crippen LogP contribution in [0.25, 0.3) is 0 Å². The maximum Gasteiger partial charge on any atom is 0.215 e. The summed E-state index contributed by atoms with van der Waals surface area (Å²) < 4.78 is 5.65. The number of hydrogen-bond acceptors (Lipinski definition) is 3. The summed E-state index contributed by atoms with van der Waals surface area (Å²) in [5.41, 5.74) is 0. The van der Waals surface area contributed by atoms with Crippen LogP contribution in [0.1, 0.15) is 32.6 Å². The molecule has 2 rings (SSSR count). The lowest BCUT2D eigenvalue weighted by Gasteiger charge is -2.24. The Hall–Kier alpha value is -1.25. The highest BCUT2D eigenvalue weighted by Crippen LogP contribution is 2.29. The van der Waals surface area contributed by atoms with E-state index in [1.807, 2.05) is 18.2 Å². The van der Waals surface area contributed by atoms with Gasteiger partial charge in [-0.05, 0) is 25.3 Å². The second kappa shape index (κ2) is 5.73. The summed E-state index contributed by atoms with van der Waals surface area (Å²) >= 11 is 0. The molecule has 1 aliphatic carbocycles. The lowest BCUT2D eigenvalue weighted by atomic mass is 9.83. The SMILES string of the molecule is CCNc1cccc(OCCC2CCC2)n1. The predicted octanol–water partition coefficient (Wildman–Crippen LogP) is 3.08. The van der Waals surface area contributed by atoms with Crippen LogP contribution in [0.4, 0.5) is 5.82 Å². The number of ether oxygens (including phenoxy) is 1. The van der Waals surface area contributed by atoms with Crippen LogP contribution in [0.15, 0.2) is 18.2 Å². The van der Waals surface area contributed by atoms with Gasteiger partial charge in [0.25, 0.3) is 0 Å². The minimum Gasteiger partial charge on any atom is -0.478 e. The first kappa shape index (κ1) is 11.2. The number of nitrogens with zero attached hydrogens (tertiary/aromatic N) is 1. The highest BCUT2D eigenvalue weighted by Gasteiger charge is 2.16. The molecule has 3 heteroatoms. The van der Waals surface area contributed by atoms with Gasteiger partial charge in [-0.25, -0.2) is 0 Å². The van der Waals surface area contributed by atoms with E-state index < -0.39 is 0 Å². The molecule has 0 aromatic carbocycles. The molecule has 1 fully saturated rings. The molecule has 1 aromatic rings. The van der Waals surface area contributed by atoms with Gasteiger partial charge >= 0.3 is 0 Å². The molecular formula is C13H20N2O. The van der Waals surface area contributed by atoms with Gasteiger partial charge in [-0.3, -0.25) is 0 Å². The molecule has 0 bridgehead atoms. The predicted molar refractivity (Wildman–Crippen MR) is 65.9 cm³/mol. The van der Waals surface area contributed by atoms with E-state index in [1.54, 1.807) is 0 Å². The molecule has 0 unspecified atom stereocenters. The van der Waals surface area contributed by atoms with E-state index in [1.165, 1.54) is 25.7 Å². The van der Waals surface area contributed by atoms with Gasteiger partial charge in [0, 0.05) is 12.6 Å². The molecule has 88 valence electrons. The Labute approximate surface area is 97.2 Å². The third kappa shape index (κ3) is 3.12. The van der Waals surface area contributed by atoms with E-state index in [9.17, 15) is 0 Å². The van der Waals surface area contributed by atoms with Crippen molar-refractivity contribution in [3.05, 3.63) is 18.2 Å². The smallest absolute Gasteiger partial charge is 0.215 e. The minimum absolute atomic E-state index is 0.734. The topological polar surface area (TPSA) is 34.1 Å². The molecule has 0 amide bonds. The van der Waals surface area contributed by atoms with Crippen molar-refractivity contribution < 1.29 is 4.74 Å². The Morgan fingerprint density at radius 3 is 3.00 bits per heavy atom. The third-order valence-corrected chi connectivity index (χ3v) is 3.08. The molecule has 16 heavy (non-hydrogen) atoms.